The van der Waals surface area contributed by atoms with Crippen LogP contribution >= 0.6 is 11.3 Å². The number of amides is 1. The third kappa shape index (κ3) is 6.44. The van der Waals surface area contributed by atoms with E-state index in [1.165, 1.54) is 10.9 Å². The molecule has 10 nitrogen and oxygen atoms in total. The van der Waals surface area contributed by atoms with E-state index >= 15 is 0 Å². The van der Waals surface area contributed by atoms with Gasteiger partial charge in [-0.15, -0.1) is 11.3 Å². The summed E-state index contributed by atoms with van der Waals surface area (Å²) in [4.78, 5) is 29.6. The molecule has 186 valence electrons. The van der Waals surface area contributed by atoms with Crippen molar-refractivity contribution in [3.63, 3.8) is 0 Å². The van der Waals surface area contributed by atoms with Crippen molar-refractivity contribution in [3.05, 3.63) is 47.2 Å². The molecule has 1 saturated heterocycles. The molecule has 4 rings (SSSR count). The topological polar surface area (TPSA) is 155 Å². The number of rotatable bonds is 9. The summed E-state index contributed by atoms with van der Waals surface area (Å²) in [5, 5.41) is 16.2. The highest BCUT2D eigenvalue weighted by Gasteiger charge is 2.22. The Morgan fingerprint density at radius 1 is 1.29 bits per heavy atom. The zero-order chi connectivity index (χ0) is 24.8. The molecule has 1 amide bonds. The lowest BCUT2D eigenvalue weighted by Gasteiger charge is -2.31. The van der Waals surface area contributed by atoms with Crippen LogP contribution in [0.2, 0.25) is 0 Å². The highest BCUT2D eigenvalue weighted by molar-refractivity contribution is 7.14. The van der Waals surface area contributed by atoms with Crippen LogP contribution in [0, 0.1) is 5.92 Å². The van der Waals surface area contributed by atoms with Crippen molar-refractivity contribution in [3.8, 4) is 10.7 Å². The molecule has 3 aromatic rings. The van der Waals surface area contributed by atoms with Crippen LogP contribution in [-0.2, 0) is 6.54 Å². The number of anilines is 3. The average Bonchev–Trinajstić information content (AvgIpc) is 3.35. The minimum Gasteiger partial charge on any atom is -0.397 e. The number of carbonyl (C=O) groups excluding carboxylic acids is 1. The molecule has 0 spiro atoms. The second kappa shape index (κ2) is 11.4. The summed E-state index contributed by atoms with van der Waals surface area (Å²) in [7, 11) is 0. The summed E-state index contributed by atoms with van der Waals surface area (Å²) >= 11 is 1.68. The Labute approximate surface area is 208 Å². The number of hydrogen-bond donors (Lipinski definition) is 5. The predicted octanol–water partition coefficient (Wildman–Crippen LogP) is 2.20. The van der Waals surface area contributed by atoms with Gasteiger partial charge in [-0.05, 0) is 57.0 Å². The van der Waals surface area contributed by atoms with E-state index < -0.39 is 0 Å². The molecule has 11 heteroatoms. The maximum atomic E-state index is 12.7. The molecule has 1 atom stereocenters. The summed E-state index contributed by atoms with van der Waals surface area (Å²) in [6, 6.07) is 7.07. The quantitative estimate of drug-likeness (QED) is 0.300. The Balaban J connectivity index is 1.25. The van der Waals surface area contributed by atoms with E-state index in [1.807, 2.05) is 24.4 Å². The smallest absolute Gasteiger partial charge is 0.270 e. The van der Waals surface area contributed by atoms with Gasteiger partial charge in [0.2, 0.25) is 0 Å². The van der Waals surface area contributed by atoms with Gasteiger partial charge in [-0.3, -0.25) is 14.7 Å². The van der Waals surface area contributed by atoms with E-state index in [1.54, 1.807) is 24.5 Å². The van der Waals surface area contributed by atoms with Crippen molar-refractivity contribution in [2.75, 3.05) is 43.0 Å². The number of aliphatic hydroxyl groups is 1. The van der Waals surface area contributed by atoms with Gasteiger partial charge in [-0.2, -0.15) is 0 Å². The number of hydrogen-bond acceptors (Lipinski definition) is 10. The number of nitrogen functional groups attached to an aromatic ring is 2. The average molecular weight is 497 g/mol. The Morgan fingerprint density at radius 3 is 2.80 bits per heavy atom. The third-order valence-electron chi connectivity index (χ3n) is 6.06. The van der Waals surface area contributed by atoms with Crippen LogP contribution in [0.4, 0.5) is 17.2 Å². The van der Waals surface area contributed by atoms with E-state index in [0.717, 1.165) is 43.2 Å². The van der Waals surface area contributed by atoms with Gasteiger partial charge in [-0.25, -0.2) is 9.97 Å². The van der Waals surface area contributed by atoms with Crippen LogP contribution < -0.4 is 22.1 Å². The molecule has 3 aromatic heterocycles. The van der Waals surface area contributed by atoms with Gasteiger partial charge >= 0.3 is 0 Å². The molecule has 1 aliphatic rings. The number of nitrogens with two attached hydrogens (primary N) is 2. The lowest BCUT2D eigenvalue weighted by molar-refractivity contribution is 0.0930. The van der Waals surface area contributed by atoms with Crippen molar-refractivity contribution in [1.29, 1.82) is 0 Å². The minimum atomic E-state index is -0.287. The first-order valence-corrected chi connectivity index (χ1v) is 12.5. The Hall–Kier alpha value is -3.28. The number of aromatic nitrogens is 3. The second-order valence-corrected chi connectivity index (χ2v) is 9.98. The van der Waals surface area contributed by atoms with E-state index in [2.05, 4.69) is 30.5 Å². The second-order valence-electron chi connectivity index (χ2n) is 8.86. The number of likely N-dealkylation sites (tertiary alicyclic amines) is 1. The first-order valence-electron chi connectivity index (χ1n) is 11.7. The maximum absolute atomic E-state index is 12.7. The lowest BCUT2D eigenvalue weighted by Crippen LogP contribution is -2.38. The summed E-state index contributed by atoms with van der Waals surface area (Å²) in [6.45, 7) is 5.09. The number of thiazole rings is 1. The normalized spacial score (nSPS) is 15.6. The molecule has 7 N–H and O–H groups in total. The van der Waals surface area contributed by atoms with E-state index in [9.17, 15) is 9.90 Å². The first-order chi connectivity index (χ1) is 16.9. The molecule has 4 heterocycles. The van der Waals surface area contributed by atoms with Crippen LogP contribution in [-0.4, -0.2) is 63.1 Å². The molecular weight excluding hydrogens is 464 g/mol. The molecule has 1 fully saturated rings. The van der Waals surface area contributed by atoms with Gasteiger partial charge in [0.1, 0.15) is 10.7 Å². The van der Waals surface area contributed by atoms with Crippen molar-refractivity contribution in [2.24, 2.45) is 5.92 Å². The number of nitrogens with one attached hydrogen (secondary N) is 2. The van der Waals surface area contributed by atoms with Gasteiger partial charge in [0.05, 0.1) is 23.7 Å². The van der Waals surface area contributed by atoms with Gasteiger partial charge < -0.3 is 27.2 Å². The van der Waals surface area contributed by atoms with Crippen LogP contribution in [0.15, 0.2) is 36.7 Å². The molecule has 0 aliphatic carbocycles. The van der Waals surface area contributed by atoms with Gasteiger partial charge in [0.25, 0.3) is 5.91 Å². The zero-order valence-electron chi connectivity index (χ0n) is 19.8. The molecule has 0 saturated carbocycles. The van der Waals surface area contributed by atoms with Crippen molar-refractivity contribution >= 4 is 34.4 Å². The summed E-state index contributed by atoms with van der Waals surface area (Å²) < 4.78 is 0. The summed E-state index contributed by atoms with van der Waals surface area (Å²) in [5.41, 5.74) is 13.6. The van der Waals surface area contributed by atoms with Crippen molar-refractivity contribution < 1.29 is 9.90 Å². The van der Waals surface area contributed by atoms with E-state index in [4.69, 9.17) is 11.5 Å². The number of carbonyl (C=O) groups is 1. The summed E-state index contributed by atoms with van der Waals surface area (Å²) in [6.07, 6.45) is 5.73. The summed E-state index contributed by atoms with van der Waals surface area (Å²) in [5.74, 6) is 0.420. The van der Waals surface area contributed by atoms with Crippen LogP contribution in [0.5, 0.6) is 0 Å². The predicted molar refractivity (Wildman–Crippen MR) is 139 cm³/mol. The highest BCUT2D eigenvalue weighted by Crippen LogP contribution is 2.27. The Bertz CT molecular complexity index is 1130. The SMILES string of the molecule is C[C@@H](CO)Nc1nc(C(=O)NCC2CCN(Cc3cnc(-c4ccccn4)s3)CC2)cc(N)c1N. The zero-order valence-corrected chi connectivity index (χ0v) is 20.6. The number of nitrogens with zero attached hydrogens (tertiary/aromatic N) is 4. The molecule has 0 radical (unpaired) electrons. The van der Waals surface area contributed by atoms with E-state index in [0.29, 0.717) is 18.3 Å². The number of piperidine rings is 1. The Kier molecular flexibility index (Phi) is 8.11. The van der Waals surface area contributed by atoms with Crippen LogP contribution in [0.1, 0.15) is 35.1 Å². The number of aliphatic hydroxyl groups excluding tert-OH is 1. The third-order valence-corrected chi connectivity index (χ3v) is 7.06. The largest absolute Gasteiger partial charge is 0.397 e. The van der Waals surface area contributed by atoms with Crippen molar-refractivity contribution in [1.82, 2.24) is 25.2 Å². The van der Waals surface area contributed by atoms with Gasteiger partial charge in [0, 0.05) is 36.4 Å². The molecular formula is C24H32N8O2S. The minimum absolute atomic E-state index is 0.0927. The van der Waals surface area contributed by atoms with E-state index in [-0.39, 0.29) is 35.6 Å². The molecule has 35 heavy (non-hydrogen) atoms. The van der Waals surface area contributed by atoms with Crippen molar-refractivity contribution in [2.45, 2.75) is 32.4 Å². The fourth-order valence-electron chi connectivity index (χ4n) is 3.97. The monoisotopic (exact) mass is 496 g/mol. The molecule has 0 bridgehead atoms. The molecule has 0 unspecified atom stereocenters. The highest BCUT2D eigenvalue weighted by atomic mass is 32.1. The van der Waals surface area contributed by atoms with Gasteiger partial charge in [-0.1, -0.05) is 6.07 Å². The molecule has 0 aromatic carbocycles. The number of pyridine rings is 2. The fraction of sp³-hybridized carbons (Fsp3) is 0.417. The Morgan fingerprint density at radius 2 is 2.09 bits per heavy atom. The van der Waals surface area contributed by atoms with Crippen LogP contribution in [0.25, 0.3) is 10.7 Å². The lowest BCUT2D eigenvalue weighted by atomic mass is 9.96. The fourth-order valence-corrected chi connectivity index (χ4v) is 4.90. The maximum Gasteiger partial charge on any atom is 0.270 e. The molecule has 1 aliphatic heterocycles. The first kappa shape index (κ1) is 24.8. The van der Waals surface area contributed by atoms with Crippen LogP contribution in [0.3, 0.4) is 0 Å². The standard InChI is InChI=1S/C24H32N8O2S/c1-15(14-33)30-22-21(26)18(25)10-20(31-22)23(34)28-11-16-5-8-32(9-6-16)13-17-12-29-24(35-17)19-4-2-3-7-27-19/h2-4,7,10,12,15-16,33H,5-6,8-9,11,13-14,26H2,1H3,(H,28,34)(H3,25,30,31)/t15-/m0/s1. The van der Waals surface area contributed by atoms with Gasteiger partial charge in [0.15, 0.2) is 5.82 Å².